The maximum atomic E-state index is 12.6. The summed E-state index contributed by atoms with van der Waals surface area (Å²) in [4.78, 5) is 30.8. The van der Waals surface area contributed by atoms with Crippen molar-refractivity contribution < 1.29 is 9.59 Å². The van der Waals surface area contributed by atoms with E-state index in [9.17, 15) is 9.59 Å². The molecule has 1 aliphatic carbocycles. The highest BCUT2D eigenvalue weighted by Gasteiger charge is 2.27. The molecule has 8 heteroatoms. The first kappa shape index (κ1) is 17.4. The first-order valence-electron chi connectivity index (χ1n) is 9.56. The Kier molecular flexibility index (Phi) is 4.04. The van der Waals surface area contributed by atoms with E-state index in [1.165, 1.54) is 12.8 Å². The molecule has 29 heavy (non-hydrogen) atoms. The number of H-pyrrole nitrogens is 1. The average molecular weight is 388 g/mol. The highest BCUT2D eigenvalue weighted by Crippen LogP contribution is 2.38. The van der Waals surface area contributed by atoms with E-state index in [0.717, 1.165) is 17.1 Å². The van der Waals surface area contributed by atoms with Gasteiger partial charge in [0, 0.05) is 29.8 Å². The van der Waals surface area contributed by atoms with Gasteiger partial charge in [-0.15, -0.1) is 0 Å². The maximum Gasteiger partial charge on any atom is 0.255 e. The van der Waals surface area contributed by atoms with E-state index >= 15 is 0 Å². The molecule has 3 aromatic rings. The summed E-state index contributed by atoms with van der Waals surface area (Å²) in [7, 11) is 1.85. The molecular weight excluding hydrogens is 368 g/mol. The van der Waals surface area contributed by atoms with Gasteiger partial charge >= 0.3 is 0 Å². The van der Waals surface area contributed by atoms with Crippen LogP contribution in [0.25, 0.3) is 11.4 Å². The summed E-state index contributed by atoms with van der Waals surface area (Å²) in [5.41, 5.74) is 3.58. The third-order valence-corrected chi connectivity index (χ3v) is 5.19. The first-order valence-corrected chi connectivity index (χ1v) is 9.56. The molecule has 2 amide bonds. The number of anilines is 3. The first-order chi connectivity index (χ1) is 14.1. The molecule has 2 heterocycles. The largest absolute Gasteiger partial charge is 0.364 e. The number of nitrogens with zero attached hydrogens (tertiary/aromatic N) is 3. The Hall–Kier alpha value is -3.68. The molecule has 3 N–H and O–H groups in total. The number of amides is 2. The van der Waals surface area contributed by atoms with Crippen molar-refractivity contribution in [1.29, 1.82) is 0 Å². The maximum absolute atomic E-state index is 12.6. The number of hydrogen-bond acceptors (Lipinski definition) is 5. The van der Waals surface area contributed by atoms with Crippen LogP contribution in [0.15, 0.2) is 42.5 Å². The SMILES string of the molecule is CN1CC(=O)Nc2cc(C(=O)Nc3ccc(-c4n[nH]c(C5CC5)n4)cc3)ccc21. The van der Waals surface area contributed by atoms with Crippen molar-refractivity contribution in [3.63, 3.8) is 0 Å². The molecule has 0 saturated heterocycles. The van der Waals surface area contributed by atoms with Crippen LogP contribution in [0, 0.1) is 0 Å². The van der Waals surface area contributed by atoms with Gasteiger partial charge in [-0.25, -0.2) is 4.98 Å². The van der Waals surface area contributed by atoms with E-state index in [0.29, 0.717) is 35.2 Å². The fourth-order valence-corrected chi connectivity index (χ4v) is 3.45. The van der Waals surface area contributed by atoms with E-state index in [1.54, 1.807) is 12.1 Å². The number of aromatic nitrogens is 3. The third-order valence-electron chi connectivity index (χ3n) is 5.19. The molecule has 8 nitrogen and oxygen atoms in total. The molecule has 1 saturated carbocycles. The Balaban J connectivity index is 1.30. The lowest BCUT2D eigenvalue weighted by Crippen LogP contribution is -2.35. The Labute approximate surface area is 167 Å². The van der Waals surface area contributed by atoms with Crippen LogP contribution in [0.5, 0.6) is 0 Å². The van der Waals surface area contributed by atoms with Gasteiger partial charge in [0.25, 0.3) is 5.91 Å². The highest BCUT2D eigenvalue weighted by molar-refractivity contribution is 6.07. The quantitative estimate of drug-likeness (QED) is 0.638. The average Bonchev–Trinajstić information content (AvgIpc) is 3.45. The van der Waals surface area contributed by atoms with Crippen LogP contribution in [-0.2, 0) is 4.79 Å². The van der Waals surface area contributed by atoms with Gasteiger partial charge in [-0.05, 0) is 55.3 Å². The van der Waals surface area contributed by atoms with E-state index in [1.807, 2.05) is 42.3 Å². The summed E-state index contributed by atoms with van der Waals surface area (Å²) < 4.78 is 0. The van der Waals surface area contributed by atoms with Gasteiger partial charge in [0.1, 0.15) is 5.82 Å². The second kappa shape index (κ2) is 6.73. The number of aromatic amines is 1. The summed E-state index contributed by atoms with van der Waals surface area (Å²) in [5.74, 6) is 1.81. The molecule has 5 rings (SSSR count). The fourth-order valence-electron chi connectivity index (χ4n) is 3.45. The molecule has 0 bridgehead atoms. The number of likely N-dealkylation sites (N-methyl/N-ethyl adjacent to an activating group) is 1. The summed E-state index contributed by atoms with van der Waals surface area (Å²) in [6.45, 7) is 0.303. The summed E-state index contributed by atoms with van der Waals surface area (Å²) >= 11 is 0. The minimum atomic E-state index is -0.239. The van der Waals surface area contributed by atoms with Gasteiger partial charge in [0.2, 0.25) is 5.91 Å². The third kappa shape index (κ3) is 3.44. The molecule has 1 fully saturated rings. The molecule has 1 aromatic heterocycles. The molecule has 0 atom stereocenters. The predicted molar refractivity (Wildman–Crippen MR) is 110 cm³/mol. The van der Waals surface area contributed by atoms with E-state index in [4.69, 9.17) is 0 Å². The topological polar surface area (TPSA) is 103 Å². The molecule has 1 aliphatic heterocycles. The lowest BCUT2D eigenvalue weighted by atomic mass is 10.1. The standard InChI is InChI=1S/C21H20N6O2/c1-27-11-18(28)23-16-10-14(6-9-17(16)27)21(29)22-15-7-4-13(5-8-15)20-24-19(25-26-20)12-2-3-12/h4-10,12H,2-3,11H2,1H3,(H,22,29)(H,23,28)(H,24,25,26). The van der Waals surface area contributed by atoms with Crippen molar-refractivity contribution >= 4 is 28.9 Å². The van der Waals surface area contributed by atoms with Crippen molar-refractivity contribution in [3.8, 4) is 11.4 Å². The van der Waals surface area contributed by atoms with Crippen LogP contribution in [0.2, 0.25) is 0 Å². The molecule has 0 spiro atoms. The Bertz CT molecular complexity index is 1100. The number of nitrogens with one attached hydrogen (secondary N) is 3. The minimum Gasteiger partial charge on any atom is -0.364 e. The van der Waals surface area contributed by atoms with Crippen molar-refractivity contribution in [2.24, 2.45) is 0 Å². The zero-order valence-corrected chi connectivity index (χ0v) is 15.9. The Morgan fingerprint density at radius 3 is 2.72 bits per heavy atom. The molecular formula is C21H20N6O2. The van der Waals surface area contributed by atoms with Crippen LogP contribution in [0.4, 0.5) is 17.1 Å². The van der Waals surface area contributed by atoms with Gasteiger partial charge < -0.3 is 15.5 Å². The number of benzene rings is 2. The summed E-state index contributed by atoms with van der Waals surface area (Å²) in [5, 5.41) is 13.0. The zero-order chi connectivity index (χ0) is 20.0. The van der Waals surface area contributed by atoms with E-state index in [-0.39, 0.29) is 11.8 Å². The van der Waals surface area contributed by atoms with Crippen molar-refractivity contribution in [1.82, 2.24) is 15.2 Å². The number of fused-ring (bicyclic) bond motifs is 1. The Morgan fingerprint density at radius 1 is 1.17 bits per heavy atom. The van der Waals surface area contributed by atoms with Gasteiger partial charge in [0.15, 0.2) is 5.82 Å². The van der Waals surface area contributed by atoms with Crippen LogP contribution in [0.1, 0.15) is 34.9 Å². The monoisotopic (exact) mass is 388 g/mol. The molecule has 0 radical (unpaired) electrons. The molecule has 146 valence electrons. The van der Waals surface area contributed by atoms with Crippen LogP contribution < -0.4 is 15.5 Å². The smallest absolute Gasteiger partial charge is 0.255 e. The zero-order valence-electron chi connectivity index (χ0n) is 15.9. The Morgan fingerprint density at radius 2 is 1.97 bits per heavy atom. The molecule has 0 unspecified atom stereocenters. The number of carbonyl (C=O) groups is 2. The van der Waals surface area contributed by atoms with Gasteiger partial charge in [-0.3, -0.25) is 14.7 Å². The van der Waals surface area contributed by atoms with Crippen molar-refractivity contribution in [2.75, 3.05) is 29.1 Å². The second-order valence-electron chi connectivity index (χ2n) is 7.49. The normalized spacial score (nSPS) is 15.6. The lowest BCUT2D eigenvalue weighted by molar-refractivity contribution is -0.115. The lowest BCUT2D eigenvalue weighted by Gasteiger charge is -2.27. The van der Waals surface area contributed by atoms with Gasteiger partial charge in [0.05, 0.1) is 17.9 Å². The van der Waals surface area contributed by atoms with Gasteiger partial charge in [-0.1, -0.05) is 0 Å². The minimum absolute atomic E-state index is 0.0926. The van der Waals surface area contributed by atoms with Crippen molar-refractivity contribution in [3.05, 3.63) is 53.9 Å². The predicted octanol–water partition coefficient (Wildman–Crippen LogP) is 2.99. The summed E-state index contributed by atoms with van der Waals surface area (Å²) in [6, 6.07) is 12.7. The van der Waals surface area contributed by atoms with Crippen LogP contribution >= 0.6 is 0 Å². The van der Waals surface area contributed by atoms with Crippen LogP contribution in [0.3, 0.4) is 0 Å². The fraction of sp³-hybridized carbons (Fsp3) is 0.238. The second-order valence-corrected chi connectivity index (χ2v) is 7.49. The van der Waals surface area contributed by atoms with E-state index < -0.39 is 0 Å². The number of rotatable bonds is 4. The number of hydrogen-bond donors (Lipinski definition) is 3. The van der Waals surface area contributed by atoms with E-state index in [2.05, 4.69) is 25.8 Å². The highest BCUT2D eigenvalue weighted by atomic mass is 16.2. The van der Waals surface area contributed by atoms with Gasteiger partial charge in [-0.2, -0.15) is 5.10 Å². The molecule has 2 aromatic carbocycles. The number of carbonyl (C=O) groups excluding carboxylic acids is 2. The van der Waals surface area contributed by atoms with Crippen molar-refractivity contribution in [2.45, 2.75) is 18.8 Å². The van der Waals surface area contributed by atoms with Crippen LogP contribution in [-0.4, -0.2) is 40.6 Å². The summed E-state index contributed by atoms with van der Waals surface area (Å²) in [6.07, 6.45) is 2.34. The molecule has 2 aliphatic rings.